The molecule has 1 fully saturated rings. The number of hydrogen-bond donors (Lipinski definition) is 0. The van der Waals surface area contributed by atoms with Gasteiger partial charge in [0.25, 0.3) is 0 Å². The van der Waals surface area contributed by atoms with Crippen LogP contribution in [0.4, 0.5) is 0 Å². The van der Waals surface area contributed by atoms with Crippen LogP contribution in [0.5, 0.6) is 5.75 Å². The van der Waals surface area contributed by atoms with Crippen LogP contribution in [0.2, 0.25) is 0 Å². The second-order valence-corrected chi connectivity index (χ2v) is 5.45. The van der Waals surface area contributed by atoms with E-state index >= 15 is 0 Å². The molecule has 1 aliphatic carbocycles. The molecule has 0 amide bonds. The molecule has 0 heterocycles. The number of carbonyl (C=O) groups excluding carboxylic acids is 1. The highest BCUT2D eigenvalue weighted by molar-refractivity contribution is 5.83. The van der Waals surface area contributed by atoms with Crippen LogP contribution in [-0.2, 0) is 11.2 Å². The van der Waals surface area contributed by atoms with Crippen LogP contribution < -0.4 is 4.74 Å². The molecule has 0 saturated heterocycles. The van der Waals surface area contributed by atoms with E-state index in [0.717, 1.165) is 30.1 Å². The number of Topliss-reactive ketones (excluding diaryl/α,β-unsaturated/α-hetero) is 1. The lowest BCUT2D eigenvalue weighted by Crippen LogP contribution is -2.22. The Bertz CT molecular complexity index is 403. The Morgan fingerprint density at radius 1 is 1.28 bits per heavy atom. The van der Waals surface area contributed by atoms with Crippen LogP contribution in [-0.4, -0.2) is 12.9 Å². The van der Waals surface area contributed by atoms with Gasteiger partial charge in [0.1, 0.15) is 11.5 Å². The summed E-state index contributed by atoms with van der Waals surface area (Å²) >= 11 is 0. The lowest BCUT2D eigenvalue weighted by Gasteiger charge is -2.25. The van der Waals surface area contributed by atoms with Crippen molar-refractivity contribution < 1.29 is 9.53 Å². The molecule has 18 heavy (non-hydrogen) atoms. The molecule has 0 spiro atoms. The summed E-state index contributed by atoms with van der Waals surface area (Å²) in [4.78, 5) is 12.2. The number of carbonyl (C=O) groups is 1. The second-order valence-electron chi connectivity index (χ2n) is 5.45. The molecule has 0 N–H and O–H groups in total. The molecule has 1 saturated carbocycles. The van der Waals surface area contributed by atoms with Gasteiger partial charge in [-0.05, 0) is 36.5 Å². The van der Waals surface area contributed by atoms with Crippen molar-refractivity contribution in [1.29, 1.82) is 0 Å². The summed E-state index contributed by atoms with van der Waals surface area (Å²) < 4.78 is 5.18. The zero-order valence-electron chi connectivity index (χ0n) is 11.3. The number of ketones is 1. The van der Waals surface area contributed by atoms with Gasteiger partial charge in [0.05, 0.1) is 7.11 Å². The predicted molar refractivity (Wildman–Crippen MR) is 72.8 cm³/mol. The maximum absolute atomic E-state index is 12.2. The average Bonchev–Trinajstić information content (AvgIpc) is 2.39. The highest BCUT2D eigenvalue weighted by Gasteiger charge is 2.24. The zero-order valence-corrected chi connectivity index (χ0v) is 11.3. The predicted octanol–water partition coefficient (Wildman–Crippen LogP) is 3.63. The Balaban J connectivity index is 1.94. The maximum Gasteiger partial charge on any atom is 0.140 e. The summed E-state index contributed by atoms with van der Waals surface area (Å²) in [6, 6.07) is 7.83. The Morgan fingerprint density at radius 2 is 2.00 bits per heavy atom. The number of hydrogen-bond acceptors (Lipinski definition) is 2. The minimum Gasteiger partial charge on any atom is -0.497 e. The van der Waals surface area contributed by atoms with Crippen molar-refractivity contribution in [2.75, 3.05) is 7.11 Å². The van der Waals surface area contributed by atoms with Crippen molar-refractivity contribution in [3.8, 4) is 5.75 Å². The van der Waals surface area contributed by atoms with E-state index in [9.17, 15) is 4.79 Å². The molecule has 98 valence electrons. The van der Waals surface area contributed by atoms with Crippen LogP contribution in [0.3, 0.4) is 0 Å². The van der Waals surface area contributed by atoms with E-state index in [0.29, 0.717) is 12.2 Å². The van der Waals surface area contributed by atoms with Gasteiger partial charge >= 0.3 is 0 Å². The first kappa shape index (κ1) is 13.1. The van der Waals surface area contributed by atoms with E-state index in [1.165, 1.54) is 12.8 Å². The molecular weight excluding hydrogens is 224 g/mol. The molecule has 0 aliphatic heterocycles. The quantitative estimate of drug-likeness (QED) is 0.811. The zero-order chi connectivity index (χ0) is 13.0. The van der Waals surface area contributed by atoms with Crippen molar-refractivity contribution in [3.63, 3.8) is 0 Å². The molecule has 0 radical (unpaired) electrons. The molecule has 2 rings (SSSR count). The molecule has 2 heteroatoms. The third-order valence-electron chi connectivity index (χ3n) is 3.98. The molecule has 1 aliphatic rings. The van der Waals surface area contributed by atoms with Crippen LogP contribution in [0.1, 0.15) is 38.2 Å². The Hall–Kier alpha value is -1.31. The lowest BCUT2D eigenvalue weighted by molar-refractivity contribution is -0.123. The fraction of sp³-hybridized carbons (Fsp3) is 0.562. The lowest BCUT2D eigenvalue weighted by atomic mass is 9.80. The van der Waals surface area contributed by atoms with Crippen LogP contribution in [0.15, 0.2) is 24.3 Å². The van der Waals surface area contributed by atoms with E-state index in [4.69, 9.17) is 4.74 Å². The SMILES string of the molecule is COc1cccc(CC(=O)C2CCC(C)CC2)c1. The van der Waals surface area contributed by atoms with E-state index in [2.05, 4.69) is 6.92 Å². The van der Waals surface area contributed by atoms with Gasteiger partial charge in [-0.15, -0.1) is 0 Å². The van der Waals surface area contributed by atoms with Crippen LogP contribution in [0, 0.1) is 11.8 Å². The molecular formula is C16H22O2. The number of ether oxygens (including phenoxy) is 1. The molecule has 0 aromatic heterocycles. The summed E-state index contributed by atoms with van der Waals surface area (Å²) in [6.45, 7) is 2.28. The molecule has 0 unspecified atom stereocenters. The average molecular weight is 246 g/mol. The second kappa shape index (κ2) is 6.03. The molecule has 2 nitrogen and oxygen atoms in total. The normalized spacial score (nSPS) is 23.7. The van der Waals surface area contributed by atoms with Gasteiger partial charge in [-0.25, -0.2) is 0 Å². The summed E-state index contributed by atoms with van der Waals surface area (Å²) in [7, 11) is 1.66. The van der Waals surface area contributed by atoms with Crippen molar-refractivity contribution in [1.82, 2.24) is 0 Å². The standard InChI is InChI=1S/C16H22O2/c1-12-6-8-14(9-7-12)16(17)11-13-4-3-5-15(10-13)18-2/h3-5,10,12,14H,6-9,11H2,1-2H3. The first-order valence-corrected chi connectivity index (χ1v) is 6.84. The number of methoxy groups -OCH3 is 1. The molecule has 0 atom stereocenters. The van der Waals surface area contributed by atoms with Gasteiger partial charge in [0, 0.05) is 12.3 Å². The van der Waals surface area contributed by atoms with Crippen molar-refractivity contribution in [2.45, 2.75) is 39.0 Å². The Kier molecular flexibility index (Phi) is 4.40. The van der Waals surface area contributed by atoms with E-state index < -0.39 is 0 Å². The van der Waals surface area contributed by atoms with Crippen molar-refractivity contribution in [2.24, 2.45) is 11.8 Å². The molecule has 0 bridgehead atoms. The smallest absolute Gasteiger partial charge is 0.140 e. The van der Waals surface area contributed by atoms with Crippen LogP contribution in [0.25, 0.3) is 0 Å². The first-order chi connectivity index (χ1) is 8.69. The Labute approximate surface area is 109 Å². The topological polar surface area (TPSA) is 26.3 Å². The van der Waals surface area contributed by atoms with Gasteiger partial charge in [-0.2, -0.15) is 0 Å². The highest BCUT2D eigenvalue weighted by atomic mass is 16.5. The summed E-state index contributed by atoms with van der Waals surface area (Å²) in [6.07, 6.45) is 5.10. The highest BCUT2D eigenvalue weighted by Crippen LogP contribution is 2.29. The van der Waals surface area contributed by atoms with E-state index in [-0.39, 0.29) is 5.92 Å². The monoisotopic (exact) mass is 246 g/mol. The third kappa shape index (κ3) is 3.34. The van der Waals surface area contributed by atoms with Crippen molar-refractivity contribution >= 4 is 5.78 Å². The summed E-state index contributed by atoms with van der Waals surface area (Å²) in [5, 5.41) is 0. The maximum atomic E-state index is 12.2. The number of benzene rings is 1. The van der Waals surface area contributed by atoms with Gasteiger partial charge < -0.3 is 4.74 Å². The summed E-state index contributed by atoms with van der Waals surface area (Å²) in [5.74, 6) is 2.31. The summed E-state index contributed by atoms with van der Waals surface area (Å²) in [5.41, 5.74) is 1.07. The van der Waals surface area contributed by atoms with Gasteiger partial charge in [-0.3, -0.25) is 4.79 Å². The largest absolute Gasteiger partial charge is 0.497 e. The fourth-order valence-electron chi connectivity index (χ4n) is 2.71. The molecule has 1 aromatic carbocycles. The fourth-order valence-corrected chi connectivity index (χ4v) is 2.71. The minimum absolute atomic E-state index is 0.285. The van der Waals surface area contributed by atoms with E-state index in [1.54, 1.807) is 7.11 Å². The third-order valence-corrected chi connectivity index (χ3v) is 3.98. The minimum atomic E-state index is 0.285. The number of rotatable bonds is 4. The Morgan fingerprint density at radius 3 is 2.67 bits per heavy atom. The van der Waals surface area contributed by atoms with E-state index in [1.807, 2.05) is 24.3 Å². The van der Waals surface area contributed by atoms with Gasteiger partial charge in [0.2, 0.25) is 0 Å². The van der Waals surface area contributed by atoms with Crippen LogP contribution >= 0.6 is 0 Å². The molecule has 1 aromatic rings. The first-order valence-electron chi connectivity index (χ1n) is 6.84. The van der Waals surface area contributed by atoms with Crippen molar-refractivity contribution in [3.05, 3.63) is 29.8 Å². The van der Waals surface area contributed by atoms with Gasteiger partial charge in [-0.1, -0.05) is 31.9 Å². The van der Waals surface area contributed by atoms with Gasteiger partial charge in [0.15, 0.2) is 0 Å².